The molecule has 2 fully saturated rings. The third kappa shape index (κ3) is 5.79. The maximum atomic E-state index is 13.0. The largest absolute Gasteiger partial charge is 0.506 e. The third-order valence-corrected chi connectivity index (χ3v) is 7.29. The van der Waals surface area contributed by atoms with E-state index in [-0.39, 0.29) is 24.5 Å². The molecule has 0 unspecified atom stereocenters. The van der Waals surface area contributed by atoms with Gasteiger partial charge >= 0.3 is 12.1 Å². The highest BCUT2D eigenvalue weighted by Crippen LogP contribution is 2.41. The summed E-state index contributed by atoms with van der Waals surface area (Å²) < 4.78 is 34.4. The molecule has 2 N–H and O–H groups in total. The number of hydrogen-bond donors (Lipinski definition) is 2. The number of aliphatic hydroxyl groups is 2. The van der Waals surface area contributed by atoms with Gasteiger partial charge in [-0.3, -0.25) is 0 Å². The number of aliphatic hydroxyl groups excluding tert-OH is 2. The van der Waals surface area contributed by atoms with Crippen LogP contribution in [0, 0.1) is 6.92 Å². The van der Waals surface area contributed by atoms with Crippen molar-refractivity contribution in [3.8, 4) is 11.5 Å². The lowest BCUT2D eigenvalue weighted by molar-refractivity contribution is -0.305. The Hall–Kier alpha value is -3.06. The fraction of sp³-hybridized carbons (Fsp3) is 0.630. The van der Waals surface area contributed by atoms with E-state index in [1.807, 2.05) is 7.05 Å². The van der Waals surface area contributed by atoms with Crippen molar-refractivity contribution < 1.29 is 48.2 Å². The molecule has 4 rings (SSSR count). The van der Waals surface area contributed by atoms with Crippen molar-refractivity contribution in [2.24, 2.45) is 0 Å². The van der Waals surface area contributed by atoms with Gasteiger partial charge in [-0.1, -0.05) is 0 Å². The lowest BCUT2D eigenvalue weighted by Crippen LogP contribution is -2.65. The standard InChI is InChI=1S/C27H38N2O10/c1-7-35-24(32)17-14-36-21-15(2)18(9-8-16(21)19(17)30)37-25-20(31)22(23(34-6)27(3,4)39-25)38-26(33)29-12-10-28(5)11-13-29/h8-9,20,22-23,25,30-31H,7,10-14H2,1-6H3/t20-,22-,23-,25-/m1/s1. The van der Waals surface area contributed by atoms with Crippen LogP contribution in [0.3, 0.4) is 0 Å². The van der Waals surface area contributed by atoms with E-state index in [9.17, 15) is 19.8 Å². The maximum absolute atomic E-state index is 13.0. The van der Waals surface area contributed by atoms with Gasteiger partial charge in [-0.05, 0) is 46.9 Å². The molecule has 3 heterocycles. The molecule has 0 radical (unpaired) electrons. The van der Waals surface area contributed by atoms with Crippen LogP contribution in [0.1, 0.15) is 31.9 Å². The molecule has 1 aromatic rings. The third-order valence-electron chi connectivity index (χ3n) is 7.29. The van der Waals surface area contributed by atoms with Gasteiger partial charge in [0.25, 0.3) is 0 Å². The maximum Gasteiger partial charge on any atom is 0.410 e. The number of methoxy groups -OCH3 is 1. The molecule has 2 saturated heterocycles. The van der Waals surface area contributed by atoms with Crippen molar-refractivity contribution in [2.45, 2.75) is 57.9 Å². The number of amides is 1. The minimum Gasteiger partial charge on any atom is -0.506 e. The first-order chi connectivity index (χ1) is 18.5. The van der Waals surface area contributed by atoms with Crippen molar-refractivity contribution in [3.63, 3.8) is 0 Å². The lowest BCUT2D eigenvalue weighted by Gasteiger charge is -2.48. The summed E-state index contributed by atoms with van der Waals surface area (Å²) in [6.45, 7) is 9.42. The summed E-state index contributed by atoms with van der Waals surface area (Å²) in [6, 6.07) is 3.13. The highest BCUT2D eigenvalue weighted by molar-refractivity contribution is 5.97. The number of esters is 1. The number of fused-ring (bicyclic) bond motifs is 1. The van der Waals surface area contributed by atoms with E-state index in [1.54, 1.807) is 44.7 Å². The van der Waals surface area contributed by atoms with Gasteiger partial charge in [-0.25, -0.2) is 9.59 Å². The number of benzene rings is 1. The zero-order chi connectivity index (χ0) is 28.5. The van der Waals surface area contributed by atoms with E-state index in [2.05, 4.69) is 4.90 Å². The molecule has 0 aromatic heterocycles. The van der Waals surface area contributed by atoms with Gasteiger partial charge in [0.15, 0.2) is 12.2 Å². The first-order valence-corrected chi connectivity index (χ1v) is 13.0. The van der Waals surface area contributed by atoms with Crippen LogP contribution < -0.4 is 9.47 Å². The molecule has 3 aliphatic rings. The fourth-order valence-electron chi connectivity index (χ4n) is 5.04. The van der Waals surface area contributed by atoms with E-state index in [0.717, 1.165) is 13.1 Å². The second kappa shape index (κ2) is 11.6. The lowest BCUT2D eigenvalue weighted by atomic mass is 9.89. The number of piperazine rings is 1. The molecule has 0 bridgehead atoms. The average Bonchev–Trinajstić information content (AvgIpc) is 2.89. The monoisotopic (exact) mass is 550 g/mol. The topological polar surface area (TPSA) is 136 Å². The molecule has 3 aliphatic heterocycles. The first kappa shape index (κ1) is 28.9. The van der Waals surface area contributed by atoms with Crippen molar-refractivity contribution in [1.29, 1.82) is 0 Å². The van der Waals surface area contributed by atoms with Gasteiger partial charge < -0.3 is 48.4 Å². The SMILES string of the molecule is CCOC(=O)C1=C(O)c2ccc(O[C@@H]3OC(C)(C)[C@H](OC)[C@H](OC(=O)N4CCN(C)CC4)[C@H]3O)c(C)c2OC1. The molecular formula is C27H38N2O10. The van der Waals surface area contributed by atoms with E-state index in [1.165, 1.54) is 7.11 Å². The second-order valence-corrected chi connectivity index (χ2v) is 10.4. The normalized spacial score (nSPS) is 26.9. The summed E-state index contributed by atoms with van der Waals surface area (Å²) in [5.41, 5.74) is -0.117. The summed E-state index contributed by atoms with van der Waals surface area (Å²) in [6.07, 6.45) is -4.95. The number of ether oxygens (including phenoxy) is 6. The Labute approximate surface area is 228 Å². The summed E-state index contributed by atoms with van der Waals surface area (Å²) in [5.74, 6) is -0.223. The van der Waals surface area contributed by atoms with Crippen LogP contribution in [0.25, 0.3) is 5.76 Å². The molecule has 1 amide bonds. The summed E-state index contributed by atoms with van der Waals surface area (Å²) in [7, 11) is 3.46. The predicted octanol–water partition coefficient (Wildman–Crippen LogP) is 1.86. The Balaban J connectivity index is 1.55. The average molecular weight is 551 g/mol. The molecule has 0 aliphatic carbocycles. The van der Waals surface area contributed by atoms with Crippen LogP contribution in [-0.4, -0.2) is 116 Å². The molecule has 216 valence electrons. The molecule has 12 nitrogen and oxygen atoms in total. The Morgan fingerprint density at radius 2 is 1.87 bits per heavy atom. The van der Waals surface area contributed by atoms with Gasteiger partial charge in [0.2, 0.25) is 6.29 Å². The van der Waals surface area contributed by atoms with E-state index >= 15 is 0 Å². The highest BCUT2D eigenvalue weighted by Gasteiger charge is 2.53. The quantitative estimate of drug-likeness (QED) is 0.502. The van der Waals surface area contributed by atoms with E-state index < -0.39 is 42.3 Å². The van der Waals surface area contributed by atoms with Gasteiger partial charge in [0, 0.05) is 38.9 Å². The van der Waals surface area contributed by atoms with Crippen LogP contribution in [0.5, 0.6) is 11.5 Å². The van der Waals surface area contributed by atoms with Crippen LogP contribution >= 0.6 is 0 Å². The molecule has 4 atom stereocenters. The zero-order valence-electron chi connectivity index (χ0n) is 23.3. The Kier molecular flexibility index (Phi) is 8.60. The van der Waals surface area contributed by atoms with Gasteiger partial charge in [-0.2, -0.15) is 0 Å². The first-order valence-electron chi connectivity index (χ1n) is 13.0. The fourth-order valence-corrected chi connectivity index (χ4v) is 5.04. The Morgan fingerprint density at radius 1 is 1.18 bits per heavy atom. The van der Waals surface area contributed by atoms with Crippen LogP contribution in [0.4, 0.5) is 4.79 Å². The van der Waals surface area contributed by atoms with Gasteiger partial charge in [-0.15, -0.1) is 0 Å². The van der Waals surface area contributed by atoms with E-state index in [4.69, 9.17) is 28.4 Å². The number of nitrogens with zero attached hydrogens (tertiary/aromatic N) is 2. The number of carbonyl (C=O) groups is 2. The number of rotatable bonds is 6. The molecule has 12 heteroatoms. The molecule has 0 saturated carbocycles. The highest BCUT2D eigenvalue weighted by atomic mass is 16.7. The second-order valence-electron chi connectivity index (χ2n) is 10.4. The summed E-state index contributed by atoms with van der Waals surface area (Å²) >= 11 is 0. The smallest absolute Gasteiger partial charge is 0.410 e. The Morgan fingerprint density at radius 3 is 2.51 bits per heavy atom. The van der Waals surface area contributed by atoms with Gasteiger partial charge in [0.05, 0.1) is 17.8 Å². The minimum atomic E-state index is -1.38. The van der Waals surface area contributed by atoms with Crippen molar-refractivity contribution in [2.75, 3.05) is 53.6 Å². The minimum absolute atomic E-state index is 0.0285. The molecule has 0 spiro atoms. The molecule has 39 heavy (non-hydrogen) atoms. The van der Waals surface area contributed by atoms with Crippen LogP contribution in [-0.2, 0) is 23.7 Å². The van der Waals surface area contributed by atoms with Crippen LogP contribution in [0.15, 0.2) is 17.7 Å². The van der Waals surface area contributed by atoms with Crippen molar-refractivity contribution in [3.05, 3.63) is 28.8 Å². The molecule has 1 aromatic carbocycles. The van der Waals surface area contributed by atoms with E-state index in [0.29, 0.717) is 35.7 Å². The predicted molar refractivity (Wildman–Crippen MR) is 139 cm³/mol. The van der Waals surface area contributed by atoms with Crippen molar-refractivity contribution >= 4 is 17.8 Å². The Bertz CT molecular complexity index is 1110. The number of likely N-dealkylation sites (N-methyl/N-ethyl adjacent to an activating group) is 1. The summed E-state index contributed by atoms with van der Waals surface area (Å²) in [4.78, 5) is 28.9. The van der Waals surface area contributed by atoms with Crippen LogP contribution in [0.2, 0.25) is 0 Å². The van der Waals surface area contributed by atoms with Gasteiger partial charge in [0.1, 0.15) is 35.5 Å². The van der Waals surface area contributed by atoms with Crippen molar-refractivity contribution in [1.82, 2.24) is 9.80 Å². The number of carbonyl (C=O) groups excluding carboxylic acids is 2. The zero-order valence-corrected chi connectivity index (χ0v) is 23.3. The number of hydrogen-bond acceptors (Lipinski definition) is 11. The summed E-state index contributed by atoms with van der Waals surface area (Å²) in [5, 5.41) is 22.0. The molecular weight excluding hydrogens is 512 g/mol.